The van der Waals surface area contributed by atoms with Gasteiger partial charge in [-0.1, -0.05) is 19.3 Å². The Kier molecular flexibility index (Phi) is 4.72. The molecule has 0 heterocycles. The fraction of sp³-hybridized carbons (Fsp3) is 0.500. The number of benzene rings is 1. The summed E-state index contributed by atoms with van der Waals surface area (Å²) in [7, 11) is 0. The summed E-state index contributed by atoms with van der Waals surface area (Å²) >= 11 is 0. The van der Waals surface area contributed by atoms with Gasteiger partial charge in [-0.2, -0.15) is 0 Å². The summed E-state index contributed by atoms with van der Waals surface area (Å²) in [5, 5.41) is 23.2. The molecule has 2 N–H and O–H groups in total. The molecular formula is C14H17FN2O4. The Labute approximate surface area is 121 Å². The maximum Gasteiger partial charge on any atom is 0.308 e. The van der Waals surface area contributed by atoms with Gasteiger partial charge in [-0.05, 0) is 18.9 Å². The number of nitrogens with zero attached hydrogens (tertiary/aromatic N) is 1. The van der Waals surface area contributed by atoms with E-state index in [1.165, 1.54) is 0 Å². The highest BCUT2D eigenvalue weighted by Crippen LogP contribution is 2.31. The lowest BCUT2D eigenvalue weighted by Gasteiger charge is -2.23. The van der Waals surface area contributed by atoms with Crippen molar-refractivity contribution >= 4 is 17.3 Å². The van der Waals surface area contributed by atoms with Crippen LogP contribution in [0.3, 0.4) is 0 Å². The van der Waals surface area contributed by atoms with Crippen LogP contribution in [0.2, 0.25) is 0 Å². The van der Waals surface area contributed by atoms with Gasteiger partial charge in [0.15, 0.2) is 0 Å². The summed E-state index contributed by atoms with van der Waals surface area (Å²) in [6, 6.07) is 2.72. The molecule has 2 atom stereocenters. The van der Waals surface area contributed by atoms with Crippen LogP contribution in [-0.4, -0.2) is 22.0 Å². The lowest BCUT2D eigenvalue weighted by atomic mass is 9.94. The first-order valence-electron chi connectivity index (χ1n) is 6.92. The molecule has 1 fully saturated rings. The summed E-state index contributed by atoms with van der Waals surface area (Å²) in [5.74, 6) is -2.13. The van der Waals surface area contributed by atoms with Crippen LogP contribution in [0.15, 0.2) is 18.2 Å². The second-order valence-electron chi connectivity index (χ2n) is 5.25. The van der Waals surface area contributed by atoms with Crippen molar-refractivity contribution in [3.8, 4) is 0 Å². The molecule has 0 bridgehead atoms. The Hall–Kier alpha value is -2.18. The standard InChI is InChI=1S/C14H17FN2O4/c15-9-6-7-13(17(20)21)12(8-9)16-11-5-3-1-2-4-10(11)14(18)19/h6-8,10-11,16H,1-5H2,(H,18,19). The number of rotatable bonds is 4. The molecule has 0 aliphatic heterocycles. The molecule has 21 heavy (non-hydrogen) atoms. The molecular weight excluding hydrogens is 279 g/mol. The van der Waals surface area contributed by atoms with Crippen LogP contribution in [0, 0.1) is 21.8 Å². The summed E-state index contributed by atoms with van der Waals surface area (Å²) in [5.41, 5.74) is -0.206. The highest BCUT2D eigenvalue weighted by molar-refractivity contribution is 5.72. The van der Waals surface area contributed by atoms with Crippen molar-refractivity contribution in [3.05, 3.63) is 34.1 Å². The maximum atomic E-state index is 13.3. The highest BCUT2D eigenvalue weighted by Gasteiger charge is 2.31. The SMILES string of the molecule is O=C(O)C1CCCCCC1Nc1cc(F)ccc1[N+](=O)[O-]. The van der Waals surface area contributed by atoms with Crippen molar-refractivity contribution in [2.24, 2.45) is 5.92 Å². The first-order valence-corrected chi connectivity index (χ1v) is 6.92. The molecule has 114 valence electrons. The number of carbonyl (C=O) groups is 1. The zero-order valence-corrected chi connectivity index (χ0v) is 11.4. The molecule has 1 aromatic rings. The van der Waals surface area contributed by atoms with Crippen LogP contribution in [0.4, 0.5) is 15.8 Å². The number of carboxylic acid groups (broad SMARTS) is 1. The highest BCUT2D eigenvalue weighted by atomic mass is 19.1. The van der Waals surface area contributed by atoms with E-state index in [0.717, 1.165) is 37.5 Å². The van der Waals surface area contributed by atoms with Crippen molar-refractivity contribution in [2.45, 2.75) is 38.1 Å². The number of carboxylic acids is 1. The fourth-order valence-corrected chi connectivity index (χ4v) is 2.76. The first-order chi connectivity index (χ1) is 9.99. The second-order valence-corrected chi connectivity index (χ2v) is 5.25. The third kappa shape index (κ3) is 3.68. The van der Waals surface area contributed by atoms with E-state index in [2.05, 4.69) is 5.32 Å². The van der Waals surface area contributed by atoms with Crippen LogP contribution >= 0.6 is 0 Å². The van der Waals surface area contributed by atoms with Gasteiger partial charge in [0.1, 0.15) is 11.5 Å². The van der Waals surface area contributed by atoms with E-state index in [0.29, 0.717) is 12.8 Å². The van der Waals surface area contributed by atoms with E-state index in [9.17, 15) is 24.4 Å². The molecule has 6 nitrogen and oxygen atoms in total. The first kappa shape index (κ1) is 15.2. The smallest absolute Gasteiger partial charge is 0.308 e. The topological polar surface area (TPSA) is 92.5 Å². The molecule has 2 unspecified atom stereocenters. The van der Waals surface area contributed by atoms with Crippen LogP contribution in [0.5, 0.6) is 0 Å². The van der Waals surface area contributed by atoms with Gasteiger partial charge in [0.2, 0.25) is 0 Å². The zero-order chi connectivity index (χ0) is 15.4. The van der Waals surface area contributed by atoms with Crippen molar-refractivity contribution in [1.82, 2.24) is 0 Å². The number of nitrogens with one attached hydrogen (secondary N) is 1. The van der Waals surface area contributed by atoms with Crippen LogP contribution in [0.25, 0.3) is 0 Å². The van der Waals surface area contributed by atoms with Crippen LogP contribution < -0.4 is 5.32 Å². The number of nitro groups is 1. The minimum Gasteiger partial charge on any atom is -0.481 e. The predicted molar refractivity (Wildman–Crippen MR) is 74.7 cm³/mol. The van der Waals surface area contributed by atoms with E-state index in [1.807, 2.05) is 0 Å². The molecule has 0 amide bonds. The number of aliphatic carboxylic acids is 1. The molecule has 0 spiro atoms. The van der Waals surface area contributed by atoms with Gasteiger partial charge in [-0.25, -0.2) is 4.39 Å². The Morgan fingerprint density at radius 1 is 1.33 bits per heavy atom. The van der Waals surface area contributed by atoms with E-state index >= 15 is 0 Å². The summed E-state index contributed by atoms with van der Waals surface area (Å²) in [4.78, 5) is 21.7. The molecule has 0 saturated heterocycles. The third-order valence-electron chi connectivity index (χ3n) is 3.83. The quantitative estimate of drug-likeness (QED) is 0.505. The van der Waals surface area contributed by atoms with Gasteiger partial charge >= 0.3 is 5.97 Å². The minimum atomic E-state index is -0.923. The molecule has 7 heteroatoms. The van der Waals surface area contributed by atoms with Gasteiger partial charge in [0.05, 0.1) is 10.8 Å². The molecule has 1 aromatic carbocycles. The van der Waals surface area contributed by atoms with Gasteiger partial charge < -0.3 is 10.4 Å². The fourth-order valence-electron chi connectivity index (χ4n) is 2.76. The minimum absolute atomic E-state index is 0.0400. The van der Waals surface area contributed by atoms with E-state index < -0.39 is 28.7 Å². The summed E-state index contributed by atoms with van der Waals surface area (Å²) < 4.78 is 13.3. The molecule has 1 saturated carbocycles. The van der Waals surface area contributed by atoms with Gasteiger partial charge in [-0.15, -0.1) is 0 Å². The van der Waals surface area contributed by atoms with E-state index in [1.54, 1.807) is 0 Å². The lowest BCUT2D eigenvalue weighted by Crippen LogP contribution is -2.33. The Balaban J connectivity index is 2.27. The molecule has 2 rings (SSSR count). The van der Waals surface area contributed by atoms with E-state index in [-0.39, 0.29) is 11.4 Å². The third-order valence-corrected chi connectivity index (χ3v) is 3.83. The van der Waals surface area contributed by atoms with Crippen molar-refractivity contribution in [1.29, 1.82) is 0 Å². The molecule has 1 aliphatic rings. The van der Waals surface area contributed by atoms with Gasteiger partial charge in [-0.3, -0.25) is 14.9 Å². The van der Waals surface area contributed by atoms with Gasteiger partial charge in [0.25, 0.3) is 5.69 Å². The number of hydrogen-bond acceptors (Lipinski definition) is 4. The van der Waals surface area contributed by atoms with E-state index in [4.69, 9.17) is 0 Å². The number of anilines is 1. The Bertz CT molecular complexity index is 550. The normalized spacial score (nSPS) is 22.3. The second kappa shape index (κ2) is 6.51. The predicted octanol–water partition coefficient (Wildman–Crippen LogP) is 3.18. The van der Waals surface area contributed by atoms with Gasteiger partial charge in [0, 0.05) is 18.2 Å². The average molecular weight is 296 g/mol. The number of nitro benzene ring substituents is 1. The summed E-state index contributed by atoms with van der Waals surface area (Å²) in [6.45, 7) is 0. The molecule has 0 radical (unpaired) electrons. The number of hydrogen-bond donors (Lipinski definition) is 2. The average Bonchev–Trinajstić information content (AvgIpc) is 2.64. The Morgan fingerprint density at radius 2 is 2.05 bits per heavy atom. The van der Waals surface area contributed by atoms with Crippen molar-refractivity contribution < 1.29 is 19.2 Å². The van der Waals surface area contributed by atoms with Crippen molar-refractivity contribution in [3.63, 3.8) is 0 Å². The van der Waals surface area contributed by atoms with Crippen molar-refractivity contribution in [2.75, 3.05) is 5.32 Å². The maximum absolute atomic E-state index is 13.3. The largest absolute Gasteiger partial charge is 0.481 e. The molecule has 0 aromatic heterocycles. The number of halogens is 1. The molecule has 1 aliphatic carbocycles. The zero-order valence-electron chi connectivity index (χ0n) is 11.4. The lowest BCUT2D eigenvalue weighted by molar-refractivity contribution is -0.384. The van der Waals surface area contributed by atoms with Crippen LogP contribution in [-0.2, 0) is 4.79 Å². The summed E-state index contributed by atoms with van der Waals surface area (Å²) in [6.07, 6.45) is 3.74. The monoisotopic (exact) mass is 296 g/mol. The van der Waals surface area contributed by atoms with Crippen LogP contribution in [0.1, 0.15) is 32.1 Å². The Morgan fingerprint density at radius 3 is 2.71 bits per heavy atom.